The molecule has 34 heavy (non-hydrogen) atoms. The fourth-order valence-corrected chi connectivity index (χ4v) is 4.28. The Kier molecular flexibility index (Phi) is 6.17. The van der Waals surface area contributed by atoms with E-state index in [1.165, 1.54) is 5.56 Å². The van der Waals surface area contributed by atoms with Crippen LogP contribution >= 0.6 is 0 Å². The monoisotopic (exact) mass is 442 g/mol. The average Bonchev–Trinajstić information content (AvgIpc) is 2.92. The van der Waals surface area contributed by atoms with E-state index in [1.54, 1.807) is 0 Å². The Balaban J connectivity index is 1.57. The van der Waals surface area contributed by atoms with Gasteiger partial charge in [0, 0.05) is 10.9 Å². The van der Waals surface area contributed by atoms with Crippen LogP contribution in [0.4, 0.5) is 0 Å². The van der Waals surface area contributed by atoms with Crippen molar-refractivity contribution in [2.45, 2.75) is 19.4 Å². The molecule has 5 aromatic rings. The zero-order valence-electron chi connectivity index (χ0n) is 19.1. The van der Waals surface area contributed by atoms with Crippen LogP contribution in [0.2, 0.25) is 0 Å². The number of nitrogens with zero attached hydrogens (tertiary/aromatic N) is 1. The van der Waals surface area contributed by atoms with Crippen molar-refractivity contribution in [2.75, 3.05) is 0 Å². The van der Waals surface area contributed by atoms with Crippen LogP contribution in [0, 0.1) is 0 Å². The Morgan fingerprint density at radius 3 is 1.97 bits per heavy atom. The molecule has 0 aliphatic heterocycles. The molecule has 0 aliphatic carbocycles. The van der Waals surface area contributed by atoms with Crippen LogP contribution < -0.4 is 5.32 Å². The molecule has 1 aromatic heterocycles. The van der Waals surface area contributed by atoms with Crippen LogP contribution in [-0.2, 0) is 6.42 Å². The maximum Gasteiger partial charge on any atom is 0.252 e. The summed E-state index contributed by atoms with van der Waals surface area (Å²) in [6.07, 6.45) is 0.986. The van der Waals surface area contributed by atoms with Gasteiger partial charge >= 0.3 is 0 Å². The Labute approximate surface area is 200 Å². The Morgan fingerprint density at radius 2 is 1.35 bits per heavy atom. The van der Waals surface area contributed by atoms with Gasteiger partial charge in [0.25, 0.3) is 5.91 Å². The molecular formula is C31H26N2O. The third kappa shape index (κ3) is 4.46. The molecule has 0 bridgehead atoms. The highest BCUT2D eigenvalue weighted by molar-refractivity contribution is 6.07. The van der Waals surface area contributed by atoms with Gasteiger partial charge in [-0.05, 0) is 35.2 Å². The number of hydrogen-bond acceptors (Lipinski definition) is 2. The molecule has 3 heteroatoms. The van der Waals surface area contributed by atoms with Crippen molar-refractivity contribution in [3.8, 4) is 11.3 Å². The molecule has 0 aliphatic rings. The second-order valence-corrected chi connectivity index (χ2v) is 8.35. The Hall–Kier alpha value is -4.24. The fraction of sp³-hybridized carbons (Fsp3) is 0.0968. The van der Waals surface area contributed by atoms with Crippen molar-refractivity contribution in [3.05, 3.63) is 138 Å². The molecule has 4 aromatic carbocycles. The van der Waals surface area contributed by atoms with Crippen LogP contribution in [0.1, 0.15) is 40.0 Å². The van der Waals surface area contributed by atoms with Crippen LogP contribution in [0.5, 0.6) is 0 Å². The average molecular weight is 443 g/mol. The number of benzene rings is 4. The van der Waals surface area contributed by atoms with Crippen molar-refractivity contribution in [1.29, 1.82) is 0 Å². The van der Waals surface area contributed by atoms with Crippen LogP contribution in [0.3, 0.4) is 0 Å². The molecule has 1 heterocycles. The highest BCUT2D eigenvalue weighted by atomic mass is 16.1. The molecule has 0 atom stereocenters. The smallest absolute Gasteiger partial charge is 0.252 e. The molecule has 0 radical (unpaired) electrons. The van der Waals surface area contributed by atoms with Gasteiger partial charge in [-0.2, -0.15) is 0 Å². The first-order valence-corrected chi connectivity index (χ1v) is 11.6. The first kappa shape index (κ1) is 21.6. The van der Waals surface area contributed by atoms with E-state index in [2.05, 4.69) is 36.5 Å². The predicted molar refractivity (Wildman–Crippen MR) is 139 cm³/mol. The quantitative estimate of drug-likeness (QED) is 0.308. The molecule has 1 amide bonds. The lowest BCUT2D eigenvalue weighted by atomic mass is 9.97. The number of fused-ring (bicyclic) bond motifs is 1. The normalized spacial score (nSPS) is 11.0. The number of pyridine rings is 1. The summed E-state index contributed by atoms with van der Waals surface area (Å²) in [5.74, 6) is -0.122. The second-order valence-electron chi connectivity index (χ2n) is 8.35. The summed E-state index contributed by atoms with van der Waals surface area (Å²) in [5, 5.41) is 4.13. The Morgan fingerprint density at radius 1 is 0.765 bits per heavy atom. The van der Waals surface area contributed by atoms with Gasteiger partial charge in [-0.1, -0.05) is 110 Å². The van der Waals surface area contributed by atoms with Gasteiger partial charge < -0.3 is 5.32 Å². The second kappa shape index (κ2) is 9.72. The van der Waals surface area contributed by atoms with Crippen LogP contribution in [0.15, 0.2) is 115 Å². The summed E-state index contributed by atoms with van der Waals surface area (Å²) >= 11 is 0. The summed E-state index contributed by atoms with van der Waals surface area (Å²) < 4.78 is 0. The summed E-state index contributed by atoms with van der Waals surface area (Å²) in [6.45, 7) is 2.14. The van der Waals surface area contributed by atoms with Crippen LogP contribution in [-0.4, -0.2) is 10.9 Å². The first-order chi connectivity index (χ1) is 16.7. The van der Waals surface area contributed by atoms with E-state index in [1.807, 2.05) is 91.0 Å². The first-order valence-electron chi connectivity index (χ1n) is 11.6. The van der Waals surface area contributed by atoms with E-state index < -0.39 is 0 Å². The SMILES string of the molecule is CCc1ccc(-c2cc(C(=O)NC(c3ccccc3)c3ccccc3)c3ccccc3n2)cc1. The lowest BCUT2D eigenvalue weighted by molar-refractivity contribution is 0.0944. The topological polar surface area (TPSA) is 42.0 Å². The van der Waals surface area contributed by atoms with Crippen molar-refractivity contribution in [3.63, 3.8) is 0 Å². The summed E-state index contributed by atoms with van der Waals surface area (Å²) in [5.41, 5.74) is 6.57. The molecule has 0 saturated carbocycles. The van der Waals surface area contributed by atoms with Crippen molar-refractivity contribution in [2.24, 2.45) is 0 Å². The third-order valence-corrected chi connectivity index (χ3v) is 6.16. The van der Waals surface area contributed by atoms with Gasteiger partial charge in [-0.25, -0.2) is 4.98 Å². The number of aromatic nitrogens is 1. The number of nitrogens with one attached hydrogen (secondary N) is 1. The predicted octanol–water partition coefficient (Wildman–Crippen LogP) is 6.98. The van der Waals surface area contributed by atoms with E-state index in [0.29, 0.717) is 5.56 Å². The molecule has 0 saturated heterocycles. The largest absolute Gasteiger partial charge is 0.341 e. The number of amides is 1. The minimum atomic E-state index is -0.255. The highest BCUT2D eigenvalue weighted by Gasteiger charge is 2.20. The van der Waals surface area contributed by atoms with Gasteiger partial charge in [-0.3, -0.25) is 4.79 Å². The number of aryl methyl sites for hydroxylation is 1. The maximum absolute atomic E-state index is 13.8. The molecule has 166 valence electrons. The van der Waals surface area contributed by atoms with Crippen molar-refractivity contribution in [1.82, 2.24) is 10.3 Å². The standard InChI is InChI=1S/C31H26N2O/c1-2-22-17-19-23(20-18-22)29-21-27(26-15-9-10-16-28(26)32-29)31(34)33-30(24-11-5-3-6-12-24)25-13-7-4-8-14-25/h3-21,30H,2H2,1H3,(H,33,34). The number of carbonyl (C=O) groups is 1. The van der Waals surface area contributed by atoms with Gasteiger partial charge in [0.2, 0.25) is 0 Å². The van der Waals surface area contributed by atoms with Gasteiger partial charge in [0.1, 0.15) is 0 Å². The lowest BCUT2D eigenvalue weighted by Gasteiger charge is -2.21. The minimum Gasteiger partial charge on any atom is -0.341 e. The fourth-order valence-electron chi connectivity index (χ4n) is 4.28. The molecule has 0 fully saturated rings. The molecular weight excluding hydrogens is 416 g/mol. The zero-order valence-corrected chi connectivity index (χ0v) is 19.1. The van der Waals surface area contributed by atoms with Gasteiger partial charge in [0.05, 0.1) is 22.8 Å². The van der Waals surface area contributed by atoms with Gasteiger partial charge in [0.15, 0.2) is 0 Å². The number of rotatable bonds is 6. The maximum atomic E-state index is 13.8. The van der Waals surface area contributed by atoms with E-state index in [-0.39, 0.29) is 11.9 Å². The molecule has 5 rings (SSSR count). The molecule has 0 unspecified atom stereocenters. The van der Waals surface area contributed by atoms with Gasteiger partial charge in [-0.15, -0.1) is 0 Å². The zero-order chi connectivity index (χ0) is 23.3. The van der Waals surface area contributed by atoms with E-state index in [4.69, 9.17) is 4.98 Å². The third-order valence-electron chi connectivity index (χ3n) is 6.16. The lowest BCUT2D eigenvalue weighted by Crippen LogP contribution is -2.29. The molecule has 1 N–H and O–H groups in total. The summed E-state index contributed by atoms with van der Waals surface area (Å²) in [6, 6.07) is 38.0. The van der Waals surface area contributed by atoms with Crippen molar-refractivity contribution >= 4 is 16.8 Å². The van der Waals surface area contributed by atoms with E-state index in [9.17, 15) is 4.79 Å². The Bertz CT molecular complexity index is 1370. The summed E-state index contributed by atoms with van der Waals surface area (Å²) in [7, 11) is 0. The summed E-state index contributed by atoms with van der Waals surface area (Å²) in [4.78, 5) is 18.6. The number of hydrogen-bond donors (Lipinski definition) is 1. The number of carbonyl (C=O) groups excluding carboxylic acids is 1. The minimum absolute atomic E-state index is 0.122. The van der Waals surface area contributed by atoms with Crippen LogP contribution in [0.25, 0.3) is 22.2 Å². The van der Waals surface area contributed by atoms with E-state index >= 15 is 0 Å². The molecule has 3 nitrogen and oxygen atoms in total. The molecule has 0 spiro atoms. The van der Waals surface area contributed by atoms with Crippen molar-refractivity contribution < 1.29 is 4.79 Å². The highest BCUT2D eigenvalue weighted by Crippen LogP contribution is 2.27. The number of para-hydroxylation sites is 1. The van der Waals surface area contributed by atoms with E-state index in [0.717, 1.165) is 39.7 Å².